The molecule has 1 unspecified atom stereocenters. The van der Waals surface area contributed by atoms with Crippen LogP contribution in [0.15, 0.2) is 18.2 Å². The summed E-state index contributed by atoms with van der Waals surface area (Å²) in [6.45, 7) is 1.67. The minimum absolute atomic E-state index is 0.336. The molecule has 1 atom stereocenters. The number of aliphatic carboxylic acids is 1. The molecule has 0 saturated heterocycles. The SMILES string of the molecule is Cc1c(F)cccc1C1(C(=O)O)CCc2nc(C3CC3)sc2C1. The maximum atomic E-state index is 14.0. The van der Waals surface area contributed by atoms with Crippen molar-refractivity contribution >= 4 is 17.3 Å². The lowest BCUT2D eigenvalue weighted by molar-refractivity contribution is -0.144. The van der Waals surface area contributed by atoms with Crippen LogP contribution >= 0.6 is 11.3 Å². The number of carboxylic acid groups (broad SMARTS) is 1. The Labute approximate surface area is 138 Å². The number of rotatable bonds is 3. The Balaban J connectivity index is 1.79. The smallest absolute Gasteiger partial charge is 0.314 e. The molecule has 0 amide bonds. The van der Waals surface area contributed by atoms with Crippen molar-refractivity contribution in [3.8, 4) is 0 Å². The average molecular weight is 331 g/mol. The van der Waals surface area contributed by atoms with E-state index in [-0.39, 0.29) is 5.82 Å². The minimum atomic E-state index is -1.04. The number of hydrogen-bond acceptors (Lipinski definition) is 3. The monoisotopic (exact) mass is 331 g/mol. The predicted octanol–water partition coefficient (Wildman–Crippen LogP) is 3.98. The van der Waals surface area contributed by atoms with Crippen molar-refractivity contribution in [3.05, 3.63) is 50.7 Å². The summed E-state index contributed by atoms with van der Waals surface area (Å²) in [5, 5.41) is 11.1. The summed E-state index contributed by atoms with van der Waals surface area (Å²) in [5.41, 5.74) is 1.08. The van der Waals surface area contributed by atoms with Gasteiger partial charge in [-0.05, 0) is 49.8 Å². The molecule has 2 aromatic rings. The van der Waals surface area contributed by atoms with Crippen LogP contribution in [0.5, 0.6) is 0 Å². The normalized spacial score (nSPS) is 23.6. The van der Waals surface area contributed by atoms with Crippen molar-refractivity contribution in [2.75, 3.05) is 0 Å². The second kappa shape index (κ2) is 5.13. The number of hydrogen-bond donors (Lipinski definition) is 1. The number of benzene rings is 1. The van der Waals surface area contributed by atoms with Gasteiger partial charge < -0.3 is 5.11 Å². The third-order valence-corrected chi connectivity index (χ3v) is 6.43. The summed E-state index contributed by atoms with van der Waals surface area (Å²) in [6.07, 6.45) is 3.94. The Morgan fingerprint density at radius 2 is 2.22 bits per heavy atom. The summed E-state index contributed by atoms with van der Waals surface area (Å²) >= 11 is 1.66. The van der Waals surface area contributed by atoms with Crippen molar-refractivity contribution in [1.82, 2.24) is 4.98 Å². The fraction of sp³-hybridized carbons (Fsp3) is 0.444. The highest BCUT2D eigenvalue weighted by Crippen LogP contribution is 2.47. The molecule has 0 radical (unpaired) electrons. The molecule has 0 aliphatic heterocycles. The molecule has 1 saturated carbocycles. The zero-order chi connectivity index (χ0) is 16.2. The van der Waals surface area contributed by atoms with Gasteiger partial charge in [0.2, 0.25) is 0 Å². The number of carboxylic acids is 1. The molecular weight excluding hydrogens is 313 g/mol. The van der Waals surface area contributed by atoms with Gasteiger partial charge in [-0.3, -0.25) is 4.79 Å². The highest BCUT2D eigenvalue weighted by Gasteiger charge is 2.46. The van der Waals surface area contributed by atoms with Crippen LogP contribution in [0.1, 0.15) is 51.9 Å². The van der Waals surface area contributed by atoms with Gasteiger partial charge in [-0.1, -0.05) is 12.1 Å². The van der Waals surface area contributed by atoms with Gasteiger partial charge in [0.25, 0.3) is 0 Å². The van der Waals surface area contributed by atoms with E-state index in [2.05, 4.69) is 0 Å². The molecule has 1 heterocycles. The van der Waals surface area contributed by atoms with Gasteiger partial charge in [0.05, 0.1) is 16.1 Å². The zero-order valence-electron chi connectivity index (χ0n) is 12.9. The van der Waals surface area contributed by atoms with Crippen LogP contribution in [-0.2, 0) is 23.1 Å². The van der Waals surface area contributed by atoms with E-state index in [0.29, 0.717) is 36.3 Å². The van der Waals surface area contributed by atoms with E-state index in [4.69, 9.17) is 4.98 Å². The molecule has 0 bridgehead atoms. The second-order valence-electron chi connectivity index (χ2n) is 6.67. The summed E-state index contributed by atoms with van der Waals surface area (Å²) in [5.74, 6) is -0.615. The van der Waals surface area contributed by atoms with Crippen LogP contribution < -0.4 is 0 Å². The van der Waals surface area contributed by atoms with Crippen LogP contribution in [0.25, 0.3) is 0 Å². The highest BCUT2D eigenvalue weighted by atomic mass is 32.1. The Morgan fingerprint density at radius 1 is 1.43 bits per heavy atom. The first-order valence-electron chi connectivity index (χ1n) is 7.99. The van der Waals surface area contributed by atoms with E-state index in [1.54, 1.807) is 30.4 Å². The van der Waals surface area contributed by atoms with Gasteiger partial charge in [-0.15, -0.1) is 11.3 Å². The number of aryl methyl sites for hydroxylation is 1. The zero-order valence-corrected chi connectivity index (χ0v) is 13.8. The molecule has 5 heteroatoms. The first kappa shape index (κ1) is 14.8. The molecule has 3 nitrogen and oxygen atoms in total. The Kier molecular flexibility index (Phi) is 3.30. The van der Waals surface area contributed by atoms with E-state index >= 15 is 0 Å². The topological polar surface area (TPSA) is 50.2 Å². The minimum Gasteiger partial charge on any atom is -0.481 e. The molecule has 4 rings (SSSR count). The predicted molar refractivity (Wildman–Crippen MR) is 86.6 cm³/mol. The molecule has 1 aromatic heterocycles. The molecule has 23 heavy (non-hydrogen) atoms. The van der Waals surface area contributed by atoms with Crippen LogP contribution in [0.2, 0.25) is 0 Å². The molecule has 1 fully saturated rings. The van der Waals surface area contributed by atoms with Gasteiger partial charge >= 0.3 is 5.97 Å². The maximum Gasteiger partial charge on any atom is 0.314 e. The van der Waals surface area contributed by atoms with Gasteiger partial charge in [0, 0.05) is 17.2 Å². The number of thiazole rings is 1. The number of carbonyl (C=O) groups is 1. The summed E-state index contributed by atoms with van der Waals surface area (Å²) < 4.78 is 14.0. The Bertz CT molecular complexity index is 796. The van der Waals surface area contributed by atoms with E-state index in [9.17, 15) is 14.3 Å². The van der Waals surface area contributed by atoms with Gasteiger partial charge in [0.15, 0.2) is 0 Å². The van der Waals surface area contributed by atoms with Gasteiger partial charge in [0.1, 0.15) is 5.82 Å². The largest absolute Gasteiger partial charge is 0.481 e. The lowest BCUT2D eigenvalue weighted by Gasteiger charge is -2.34. The van der Waals surface area contributed by atoms with Crippen LogP contribution in [0.3, 0.4) is 0 Å². The van der Waals surface area contributed by atoms with Crippen molar-refractivity contribution in [3.63, 3.8) is 0 Å². The van der Waals surface area contributed by atoms with Gasteiger partial charge in [-0.25, -0.2) is 9.37 Å². The van der Waals surface area contributed by atoms with Crippen LogP contribution in [0, 0.1) is 12.7 Å². The first-order valence-corrected chi connectivity index (χ1v) is 8.80. The highest BCUT2D eigenvalue weighted by molar-refractivity contribution is 7.11. The molecule has 120 valence electrons. The average Bonchev–Trinajstić information content (AvgIpc) is 3.29. The third kappa shape index (κ3) is 2.29. The fourth-order valence-electron chi connectivity index (χ4n) is 3.59. The van der Waals surface area contributed by atoms with E-state index in [1.807, 2.05) is 0 Å². The quantitative estimate of drug-likeness (QED) is 0.925. The number of nitrogens with zero attached hydrogens (tertiary/aromatic N) is 1. The number of halogens is 1. The van der Waals surface area contributed by atoms with Crippen molar-refractivity contribution in [1.29, 1.82) is 0 Å². The standard InChI is InChI=1S/C18H18FNO2S/c1-10-12(3-2-4-13(10)19)18(17(21)22)8-7-14-15(9-18)23-16(20-14)11-5-6-11/h2-4,11H,5-9H2,1H3,(H,21,22). The van der Waals surface area contributed by atoms with Crippen LogP contribution in [-0.4, -0.2) is 16.1 Å². The van der Waals surface area contributed by atoms with Gasteiger partial charge in [-0.2, -0.15) is 0 Å². The molecule has 0 spiro atoms. The maximum absolute atomic E-state index is 14.0. The molecule has 2 aliphatic carbocycles. The van der Waals surface area contributed by atoms with Crippen molar-refractivity contribution in [2.24, 2.45) is 0 Å². The Hall–Kier alpha value is -1.75. The summed E-state index contributed by atoms with van der Waals surface area (Å²) in [4.78, 5) is 18.0. The number of aromatic nitrogens is 1. The molecular formula is C18H18FNO2S. The Morgan fingerprint density at radius 3 is 2.91 bits per heavy atom. The summed E-state index contributed by atoms with van der Waals surface area (Å²) in [6, 6.07) is 4.76. The lowest BCUT2D eigenvalue weighted by atomic mass is 9.69. The lowest BCUT2D eigenvalue weighted by Crippen LogP contribution is -2.41. The fourth-order valence-corrected chi connectivity index (χ4v) is 4.98. The van der Waals surface area contributed by atoms with E-state index in [0.717, 1.165) is 15.6 Å². The number of fused-ring (bicyclic) bond motifs is 1. The third-order valence-electron chi connectivity index (χ3n) is 5.16. The summed E-state index contributed by atoms with van der Waals surface area (Å²) in [7, 11) is 0. The molecule has 1 N–H and O–H groups in total. The van der Waals surface area contributed by atoms with Crippen molar-refractivity contribution in [2.45, 2.75) is 50.4 Å². The molecule has 1 aromatic carbocycles. The van der Waals surface area contributed by atoms with Crippen LogP contribution in [0.4, 0.5) is 4.39 Å². The van der Waals surface area contributed by atoms with Crippen molar-refractivity contribution < 1.29 is 14.3 Å². The molecule has 2 aliphatic rings. The van der Waals surface area contributed by atoms with E-state index < -0.39 is 11.4 Å². The first-order chi connectivity index (χ1) is 11.0. The second-order valence-corrected chi connectivity index (χ2v) is 7.79. The van der Waals surface area contributed by atoms with E-state index in [1.165, 1.54) is 18.9 Å².